The highest BCUT2D eigenvalue weighted by Crippen LogP contribution is 2.36. The standard InChI is InChI=1S/C15H14Cl3NO2/c1-2-9-19(14(20)21-10-15(16,17)18)13-8-7-11-5-3-4-6-12(11)13/h1,3-6,13H,7-10H2/t13-/m1/s1. The maximum Gasteiger partial charge on any atom is 0.411 e. The van der Waals surface area contributed by atoms with Gasteiger partial charge in [0.2, 0.25) is 3.79 Å². The third-order valence-electron chi connectivity index (χ3n) is 3.33. The van der Waals surface area contributed by atoms with E-state index in [4.69, 9.17) is 46.0 Å². The van der Waals surface area contributed by atoms with Crippen molar-refractivity contribution in [3.8, 4) is 12.3 Å². The van der Waals surface area contributed by atoms with Crippen molar-refractivity contribution >= 4 is 40.9 Å². The Morgan fingerprint density at radius 1 is 1.43 bits per heavy atom. The van der Waals surface area contributed by atoms with E-state index in [0.29, 0.717) is 0 Å². The second-order valence-electron chi connectivity index (χ2n) is 4.76. The number of carbonyl (C=O) groups excluding carboxylic acids is 1. The first-order chi connectivity index (χ1) is 9.92. The Labute approximate surface area is 139 Å². The molecule has 21 heavy (non-hydrogen) atoms. The number of amides is 1. The van der Waals surface area contributed by atoms with Crippen molar-refractivity contribution in [2.24, 2.45) is 0 Å². The zero-order valence-corrected chi connectivity index (χ0v) is 13.5. The van der Waals surface area contributed by atoms with Crippen LogP contribution in [0.1, 0.15) is 23.6 Å². The number of hydrogen-bond acceptors (Lipinski definition) is 2. The molecule has 0 saturated carbocycles. The summed E-state index contributed by atoms with van der Waals surface area (Å²) in [5, 5.41) is 0. The molecule has 0 aromatic heterocycles. The minimum atomic E-state index is -1.63. The molecule has 3 nitrogen and oxygen atoms in total. The molecule has 2 rings (SSSR count). The molecule has 1 aromatic carbocycles. The fourth-order valence-corrected chi connectivity index (χ4v) is 2.65. The van der Waals surface area contributed by atoms with Crippen LogP contribution < -0.4 is 0 Å². The summed E-state index contributed by atoms with van der Waals surface area (Å²) >= 11 is 16.8. The molecule has 0 aliphatic heterocycles. The lowest BCUT2D eigenvalue weighted by Crippen LogP contribution is -2.36. The lowest BCUT2D eigenvalue weighted by atomic mass is 10.1. The van der Waals surface area contributed by atoms with Crippen molar-refractivity contribution in [2.75, 3.05) is 13.2 Å². The van der Waals surface area contributed by atoms with Gasteiger partial charge < -0.3 is 4.74 Å². The molecule has 0 fully saturated rings. The molecule has 0 bridgehead atoms. The SMILES string of the molecule is C#CCN(C(=O)OCC(Cl)(Cl)Cl)[C@@H]1CCc2ccccc21. The fourth-order valence-electron chi connectivity index (χ4n) is 2.49. The smallest absolute Gasteiger partial charge is 0.411 e. The molecular weight excluding hydrogens is 333 g/mol. The van der Waals surface area contributed by atoms with Crippen molar-refractivity contribution < 1.29 is 9.53 Å². The molecule has 1 aromatic rings. The van der Waals surface area contributed by atoms with Gasteiger partial charge in [0.15, 0.2) is 0 Å². The van der Waals surface area contributed by atoms with E-state index in [1.807, 2.05) is 18.2 Å². The number of ether oxygens (including phenoxy) is 1. The Morgan fingerprint density at radius 3 is 2.81 bits per heavy atom. The largest absolute Gasteiger partial charge is 0.445 e. The lowest BCUT2D eigenvalue weighted by molar-refractivity contribution is 0.0931. The summed E-state index contributed by atoms with van der Waals surface area (Å²) in [6.45, 7) is -0.163. The molecule has 0 heterocycles. The molecule has 0 radical (unpaired) electrons. The quantitative estimate of drug-likeness (QED) is 0.609. The van der Waals surface area contributed by atoms with Gasteiger partial charge in [0.05, 0.1) is 12.6 Å². The van der Waals surface area contributed by atoms with Gasteiger partial charge in [-0.05, 0) is 24.0 Å². The zero-order chi connectivity index (χ0) is 15.5. The van der Waals surface area contributed by atoms with Crippen LogP contribution in [-0.2, 0) is 11.2 Å². The van der Waals surface area contributed by atoms with Crippen LogP contribution in [0.2, 0.25) is 0 Å². The van der Waals surface area contributed by atoms with Crippen LogP contribution in [0, 0.1) is 12.3 Å². The summed E-state index contributed by atoms with van der Waals surface area (Å²) in [4.78, 5) is 13.7. The first-order valence-corrected chi connectivity index (χ1v) is 7.57. The van der Waals surface area contributed by atoms with Crippen molar-refractivity contribution in [3.63, 3.8) is 0 Å². The zero-order valence-electron chi connectivity index (χ0n) is 11.2. The molecule has 0 unspecified atom stereocenters. The Balaban J connectivity index is 2.13. The molecule has 1 amide bonds. The van der Waals surface area contributed by atoms with Crippen LogP contribution in [0.5, 0.6) is 0 Å². The normalized spacial score (nSPS) is 17.0. The number of aryl methyl sites for hydroxylation is 1. The predicted octanol–water partition coefficient (Wildman–Crippen LogP) is 4.12. The van der Waals surface area contributed by atoms with E-state index in [9.17, 15) is 4.79 Å². The van der Waals surface area contributed by atoms with Gasteiger partial charge in [0, 0.05) is 0 Å². The Bertz CT molecular complexity index is 563. The molecule has 6 heteroatoms. The number of fused-ring (bicyclic) bond motifs is 1. The molecule has 112 valence electrons. The second-order valence-corrected chi connectivity index (χ2v) is 7.27. The maximum atomic E-state index is 12.2. The molecule has 0 saturated heterocycles. The first kappa shape index (κ1) is 16.3. The highest BCUT2D eigenvalue weighted by Gasteiger charge is 2.32. The van der Waals surface area contributed by atoms with Crippen LogP contribution >= 0.6 is 34.8 Å². The molecule has 0 spiro atoms. The summed E-state index contributed by atoms with van der Waals surface area (Å²) in [5.41, 5.74) is 2.32. The monoisotopic (exact) mass is 345 g/mol. The lowest BCUT2D eigenvalue weighted by Gasteiger charge is -2.27. The van der Waals surface area contributed by atoms with Gasteiger partial charge in [-0.1, -0.05) is 65.0 Å². The average molecular weight is 347 g/mol. The molecule has 1 aliphatic carbocycles. The minimum Gasteiger partial charge on any atom is -0.445 e. The minimum absolute atomic E-state index is 0.0971. The molecule has 1 atom stereocenters. The van der Waals surface area contributed by atoms with E-state index >= 15 is 0 Å². The van der Waals surface area contributed by atoms with Gasteiger partial charge in [0.25, 0.3) is 0 Å². The highest BCUT2D eigenvalue weighted by atomic mass is 35.6. The average Bonchev–Trinajstić information content (AvgIpc) is 2.85. The molecule has 1 aliphatic rings. The van der Waals surface area contributed by atoms with Crippen LogP contribution in [0.3, 0.4) is 0 Å². The number of hydrogen-bond donors (Lipinski definition) is 0. The highest BCUT2D eigenvalue weighted by molar-refractivity contribution is 6.67. The fraction of sp³-hybridized carbons (Fsp3) is 0.400. The Morgan fingerprint density at radius 2 is 2.14 bits per heavy atom. The third-order valence-corrected chi connectivity index (χ3v) is 3.66. The Hall–Kier alpha value is -1.08. The van der Waals surface area contributed by atoms with Crippen molar-refractivity contribution in [2.45, 2.75) is 22.7 Å². The molecular formula is C15H14Cl3NO2. The van der Waals surface area contributed by atoms with Gasteiger partial charge in [0.1, 0.15) is 6.61 Å². The van der Waals surface area contributed by atoms with E-state index in [1.54, 1.807) is 0 Å². The number of benzene rings is 1. The summed E-state index contributed by atoms with van der Waals surface area (Å²) in [6, 6.07) is 7.88. The van der Waals surface area contributed by atoms with E-state index in [-0.39, 0.29) is 19.2 Å². The van der Waals surface area contributed by atoms with Gasteiger partial charge in [-0.2, -0.15) is 0 Å². The number of nitrogens with zero attached hydrogens (tertiary/aromatic N) is 1. The number of terminal acetylenes is 1. The van der Waals surface area contributed by atoms with Gasteiger partial charge in [-0.25, -0.2) is 4.79 Å². The van der Waals surface area contributed by atoms with Crippen LogP contribution in [0.4, 0.5) is 4.79 Å². The van der Waals surface area contributed by atoms with E-state index < -0.39 is 9.89 Å². The number of alkyl halides is 3. The number of carbonyl (C=O) groups is 1. The third kappa shape index (κ3) is 4.20. The molecule has 0 N–H and O–H groups in total. The van der Waals surface area contributed by atoms with Gasteiger partial charge in [-0.3, -0.25) is 4.90 Å². The topological polar surface area (TPSA) is 29.5 Å². The predicted molar refractivity (Wildman–Crippen MR) is 84.7 cm³/mol. The summed E-state index contributed by atoms with van der Waals surface area (Å²) in [5.74, 6) is 2.48. The van der Waals surface area contributed by atoms with Gasteiger partial charge >= 0.3 is 6.09 Å². The van der Waals surface area contributed by atoms with Crippen molar-refractivity contribution in [3.05, 3.63) is 35.4 Å². The summed E-state index contributed by atoms with van der Waals surface area (Å²) in [6.07, 6.45) is 6.50. The van der Waals surface area contributed by atoms with Crippen LogP contribution in [0.15, 0.2) is 24.3 Å². The number of rotatable bonds is 3. The second kappa shape index (κ2) is 6.79. The van der Waals surface area contributed by atoms with Crippen LogP contribution in [0.25, 0.3) is 0 Å². The Kier molecular flexibility index (Phi) is 5.27. The van der Waals surface area contributed by atoms with E-state index in [1.165, 1.54) is 10.5 Å². The van der Waals surface area contributed by atoms with E-state index in [0.717, 1.165) is 18.4 Å². The van der Waals surface area contributed by atoms with Gasteiger partial charge in [-0.15, -0.1) is 6.42 Å². The van der Waals surface area contributed by atoms with Crippen LogP contribution in [-0.4, -0.2) is 27.9 Å². The maximum absolute atomic E-state index is 12.2. The van der Waals surface area contributed by atoms with E-state index in [2.05, 4.69) is 12.0 Å². The summed E-state index contributed by atoms with van der Waals surface area (Å²) < 4.78 is 3.41. The van der Waals surface area contributed by atoms with Crippen molar-refractivity contribution in [1.29, 1.82) is 0 Å². The number of halogens is 3. The van der Waals surface area contributed by atoms with Crippen molar-refractivity contribution in [1.82, 2.24) is 4.90 Å². The summed E-state index contributed by atoms with van der Waals surface area (Å²) in [7, 11) is 0. The first-order valence-electron chi connectivity index (χ1n) is 6.44.